The fourth-order valence-electron chi connectivity index (χ4n) is 2.10. The Bertz CT molecular complexity index is 468. The first-order chi connectivity index (χ1) is 9.72. The van der Waals surface area contributed by atoms with Crippen LogP contribution in [0.5, 0.6) is 0 Å². The van der Waals surface area contributed by atoms with Crippen LogP contribution in [0, 0.1) is 0 Å². The number of ether oxygens (including phenoxy) is 2. The monoisotopic (exact) mass is 298 g/mol. The maximum absolute atomic E-state index is 11.9. The Morgan fingerprint density at radius 1 is 1.35 bits per heavy atom. The van der Waals surface area contributed by atoms with Crippen molar-refractivity contribution in [1.82, 2.24) is 5.32 Å². The van der Waals surface area contributed by atoms with Crippen LogP contribution >= 0.6 is 11.6 Å². The fourth-order valence-corrected chi connectivity index (χ4v) is 2.28. The molecular formula is C14H19ClN2O3. The van der Waals surface area contributed by atoms with E-state index in [-0.39, 0.29) is 11.9 Å². The molecule has 5 nitrogen and oxygen atoms in total. The predicted octanol–water partition coefficient (Wildman–Crippen LogP) is 1.98. The summed E-state index contributed by atoms with van der Waals surface area (Å²) in [5.74, 6) is -0.0393. The first-order valence-electron chi connectivity index (χ1n) is 6.62. The molecule has 1 unspecified atom stereocenters. The number of carbonyl (C=O) groups is 1. The molecule has 110 valence electrons. The third kappa shape index (κ3) is 3.93. The fraction of sp³-hybridized carbons (Fsp3) is 0.500. The molecule has 1 aromatic rings. The minimum Gasteiger partial charge on any atom is -0.382 e. The van der Waals surface area contributed by atoms with Gasteiger partial charge in [0.2, 0.25) is 5.91 Å². The molecule has 0 aromatic heterocycles. The maximum Gasteiger partial charge on any atom is 0.246 e. The van der Waals surface area contributed by atoms with E-state index in [1.165, 1.54) is 0 Å². The first kappa shape index (κ1) is 15.3. The highest BCUT2D eigenvalue weighted by Crippen LogP contribution is 2.32. The van der Waals surface area contributed by atoms with Gasteiger partial charge in [0.05, 0.1) is 13.2 Å². The van der Waals surface area contributed by atoms with E-state index in [0.29, 0.717) is 31.4 Å². The van der Waals surface area contributed by atoms with Crippen molar-refractivity contribution in [2.24, 2.45) is 0 Å². The summed E-state index contributed by atoms with van der Waals surface area (Å²) in [6, 6.07) is 5.09. The number of rotatable bonds is 8. The van der Waals surface area contributed by atoms with Crippen LogP contribution in [-0.4, -0.2) is 39.4 Å². The number of amides is 1. The van der Waals surface area contributed by atoms with Crippen molar-refractivity contribution in [3.63, 3.8) is 0 Å². The second-order valence-corrected chi connectivity index (χ2v) is 5.00. The number of methoxy groups -OCH3 is 1. The number of halogens is 1. The van der Waals surface area contributed by atoms with E-state index < -0.39 is 0 Å². The number of hydrogen-bond donors (Lipinski definition) is 2. The number of nitrogens with one attached hydrogen (secondary N) is 2. The van der Waals surface area contributed by atoms with E-state index in [9.17, 15) is 4.79 Å². The van der Waals surface area contributed by atoms with Gasteiger partial charge in [-0.25, -0.2) is 0 Å². The highest BCUT2D eigenvalue weighted by atomic mass is 35.5. The highest BCUT2D eigenvalue weighted by molar-refractivity contribution is 6.31. The molecule has 2 N–H and O–H groups in total. The van der Waals surface area contributed by atoms with Gasteiger partial charge in [0.15, 0.2) is 0 Å². The molecule has 0 saturated carbocycles. The molecule has 1 atom stereocenters. The quantitative estimate of drug-likeness (QED) is 0.721. The van der Waals surface area contributed by atoms with Crippen molar-refractivity contribution in [2.45, 2.75) is 12.5 Å². The average Bonchev–Trinajstić information content (AvgIpc) is 2.73. The Kier molecular flexibility index (Phi) is 5.79. The van der Waals surface area contributed by atoms with Crippen molar-refractivity contribution < 1.29 is 14.3 Å². The van der Waals surface area contributed by atoms with E-state index >= 15 is 0 Å². The minimum absolute atomic E-state index is 0.0393. The Labute approximate surface area is 123 Å². The van der Waals surface area contributed by atoms with Gasteiger partial charge >= 0.3 is 0 Å². The smallest absolute Gasteiger partial charge is 0.246 e. The van der Waals surface area contributed by atoms with Gasteiger partial charge in [-0.15, -0.1) is 0 Å². The Hall–Kier alpha value is -1.14. The summed E-state index contributed by atoms with van der Waals surface area (Å²) >= 11 is 5.97. The van der Waals surface area contributed by atoms with Gasteiger partial charge < -0.3 is 20.1 Å². The van der Waals surface area contributed by atoms with Crippen molar-refractivity contribution in [2.75, 3.05) is 38.8 Å². The predicted molar refractivity (Wildman–Crippen MR) is 78.1 cm³/mol. The number of carbonyl (C=O) groups excluding carboxylic acids is 1. The molecule has 2 rings (SSSR count). The van der Waals surface area contributed by atoms with Crippen LogP contribution in [-0.2, 0) is 14.3 Å². The highest BCUT2D eigenvalue weighted by Gasteiger charge is 2.29. The van der Waals surface area contributed by atoms with Crippen LogP contribution in [0.25, 0.3) is 0 Å². The average molecular weight is 299 g/mol. The molecule has 20 heavy (non-hydrogen) atoms. The maximum atomic E-state index is 11.9. The molecule has 1 aliphatic heterocycles. The zero-order valence-electron chi connectivity index (χ0n) is 11.4. The van der Waals surface area contributed by atoms with Gasteiger partial charge in [-0.05, 0) is 31.2 Å². The topological polar surface area (TPSA) is 59.6 Å². The standard InChI is InChI=1S/C14H19ClN2O3/c1-19-7-8-20-6-2-5-16-13-11-9-10(15)3-4-12(11)17-14(13)18/h3-4,9,13,16H,2,5-8H2,1H3,(H,17,18). The molecule has 0 aliphatic carbocycles. The van der Waals surface area contributed by atoms with Gasteiger partial charge in [0.1, 0.15) is 6.04 Å². The van der Waals surface area contributed by atoms with Crippen LogP contribution in [0.3, 0.4) is 0 Å². The number of hydrogen-bond acceptors (Lipinski definition) is 4. The van der Waals surface area contributed by atoms with Crippen LogP contribution in [0.4, 0.5) is 5.69 Å². The van der Waals surface area contributed by atoms with E-state index in [4.69, 9.17) is 21.1 Å². The largest absolute Gasteiger partial charge is 0.382 e. The van der Waals surface area contributed by atoms with E-state index in [0.717, 1.165) is 17.7 Å². The summed E-state index contributed by atoms with van der Waals surface area (Å²) in [7, 11) is 1.65. The van der Waals surface area contributed by atoms with Gasteiger partial charge in [0.25, 0.3) is 0 Å². The minimum atomic E-state index is -0.331. The summed E-state index contributed by atoms with van der Waals surface area (Å²) in [4.78, 5) is 11.9. The van der Waals surface area contributed by atoms with E-state index in [1.54, 1.807) is 13.2 Å². The Morgan fingerprint density at radius 2 is 2.20 bits per heavy atom. The zero-order valence-corrected chi connectivity index (χ0v) is 12.2. The number of fused-ring (bicyclic) bond motifs is 1. The van der Waals surface area contributed by atoms with Crippen molar-refractivity contribution >= 4 is 23.2 Å². The molecule has 0 fully saturated rings. The van der Waals surface area contributed by atoms with Crippen LogP contribution in [0.1, 0.15) is 18.0 Å². The lowest BCUT2D eigenvalue weighted by Crippen LogP contribution is -2.28. The summed E-state index contributed by atoms with van der Waals surface area (Å²) in [6.07, 6.45) is 0.837. The zero-order chi connectivity index (χ0) is 14.4. The second kappa shape index (κ2) is 7.59. The summed E-state index contributed by atoms with van der Waals surface area (Å²) in [5.41, 5.74) is 1.73. The number of anilines is 1. The van der Waals surface area contributed by atoms with Crippen molar-refractivity contribution in [1.29, 1.82) is 0 Å². The molecule has 0 saturated heterocycles. The molecule has 1 amide bonds. The normalized spacial score (nSPS) is 17.1. The lowest BCUT2D eigenvalue weighted by atomic mass is 10.1. The van der Waals surface area contributed by atoms with Crippen LogP contribution < -0.4 is 10.6 Å². The molecule has 1 aromatic carbocycles. The first-order valence-corrected chi connectivity index (χ1v) is 7.00. The van der Waals surface area contributed by atoms with Gasteiger partial charge in [-0.3, -0.25) is 4.79 Å². The van der Waals surface area contributed by atoms with E-state index in [2.05, 4.69) is 10.6 Å². The SMILES string of the molecule is COCCOCCCNC1C(=O)Nc2ccc(Cl)cc21. The second-order valence-electron chi connectivity index (χ2n) is 4.57. The molecule has 0 bridgehead atoms. The molecule has 1 heterocycles. The Morgan fingerprint density at radius 3 is 3.00 bits per heavy atom. The van der Waals surface area contributed by atoms with Crippen LogP contribution in [0.15, 0.2) is 18.2 Å². The van der Waals surface area contributed by atoms with E-state index in [1.807, 2.05) is 12.1 Å². The van der Waals surface area contributed by atoms with Crippen LogP contribution in [0.2, 0.25) is 5.02 Å². The molecular weight excluding hydrogens is 280 g/mol. The van der Waals surface area contributed by atoms with Crippen molar-refractivity contribution in [3.05, 3.63) is 28.8 Å². The Balaban J connectivity index is 1.76. The summed E-state index contributed by atoms with van der Waals surface area (Å²) in [5, 5.41) is 6.69. The van der Waals surface area contributed by atoms with Gasteiger partial charge in [0, 0.05) is 30.0 Å². The van der Waals surface area contributed by atoms with Gasteiger partial charge in [-0.2, -0.15) is 0 Å². The third-order valence-electron chi connectivity index (χ3n) is 3.09. The molecule has 0 spiro atoms. The lowest BCUT2D eigenvalue weighted by molar-refractivity contribution is -0.117. The molecule has 1 aliphatic rings. The summed E-state index contributed by atoms with van der Waals surface area (Å²) < 4.78 is 10.3. The lowest BCUT2D eigenvalue weighted by Gasteiger charge is -2.11. The van der Waals surface area contributed by atoms with Gasteiger partial charge in [-0.1, -0.05) is 11.6 Å². The van der Waals surface area contributed by atoms with Crippen molar-refractivity contribution in [3.8, 4) is 0 Å². The molecule has 6 heteroatoms. The number of benzene rings is 1. The molecule has 0 radical (unpaired) electrons. The summed E-state index contributed by atoms with van der Waals surface area (Å²) in [6.45, 7) is 2.55. The third-order valence-corrected chi connectivity index (χ3v) is 3.33.